The van der Waals surface area contributed by atoms with Gasteiger partial charge in [-0.15, -0.1) is 11.3 Å². The van der Waals surface area contributed by atoms with Crippen LogP contribution in [0.4, 0.5) is 0 Å². The van der Waals surface area contributed by atoms with Crippen molar-refractivity contribution >= 4 is 37.4 Å². The Morgan fingerprint density at radius 1 is 1.30 bits per heavy atom. The second-order valence-electron chi connectivity index (χ2n) is 7.69. The summed E-state index contributed by atoms with van der Waals surface area (Å²) in [6.45, 7) is 5.85. The summed E-state index contributed by atoms with van der Waals surface area (Å²) in [5, 5.41) is 9.25. The first-order chi connectivity index (χ1) is 13.0. The summed E-state index contributed by atoms with van der Waals surface area (Å²) in [5.74, 6) is 0.353. The molecule has 6 heteroatoms. The molecule has 5 nitrogen and oxygen atoms in total. The molecule has 3 aromatic rings. The van der Waals surface area contributed by atoms with E-state index in [2.05, 4.69) is 17.3 Å². The van der Waals surface area contributed by atoms with Crippen LogP contribution >= 0.6 is 11.3 Å². The van der Waals surface area contributed by atoms with Crippen LogP contribution in [0.2, 0.25) is 0 Å². The summed E-state index contributed by atoms with van der Waals surface area (Å²) in [6.07, 6.45) is 4.53. The zero-order valence-corrected chi connectivity index (χ0v) is 16.8. The van der Waals surface area contributed by atoms with E-state index in [1.165, 1.54) is 11.1 Å². The van der Waals surface area contributed by atoms with E-state index in [-0.39, 0.29) is 17.5 Å². The van der Waals surface area contributed by atoms with Gasteiger partial charge in [-0.25, -0.2) is 4.68 Å². The number of benzene rings is 1. The molecule has 0 saturated heterocycles. The van der Waals surface area contributed by atoms with E-state index < -0.39 is 6.04 Å². The van der Waals surface area contributed by atoms with Gasteiger partial charge in [0, 0.05) is 16.1 Å². The smallest absolute Gasteiger partial charge is 0.276 e. The van der Waals surface area contributed by atoms with Gasteiger partial charge in [-0.05, 0) is 38.7 Å². The highest BCUT2D eigenvalue weighted by Crippen LogP contribution is 2.33. The molecule has 1 saturated carbocycles. The van der Waals surface area contributed by atoms with Crippen molar-refractivity contribution < 1.29 is 4.79 Å². The van der Waals surface area contributed by atoms with E-state index in [9.17, 15) is 9.59 Å². The summed E-state index contributed by atoms with van der Waals surface area (Å²) < 4.78 is 3.34. The van der Waals surface area contributed by atoms with Crippen LogP contribution < -0.4 is 10.9 Å². The molecule has 0 aliphatic heterocycles. The number of nitrogens with one attached hydrogen (secondary N) is 1. The maximum absolute atomic E-state index is 13.2. The minimum atomic E-state index is -0.631. The molecule has 1 amide bonds. The lowest BCUT2D eigenvalue weighted by atomic mass is 9.86. The highest BCUT2D eigenvalue weighted by Gasteiger charge is 2.27. The predicted molar refractivity (Wildman–Crippen MR) is 110 cm³/mol. The normalized spacial score (nSPS) is 21.4. The van der Waals surface area contributed by atoms with Crippen LogP contribution in [-0.4, -0.2) is 21.7 Å². The SMILES string of the molecule is Cc1nn(C(C)C(=O)NC2CCCCC2C)c(=O)c2c1sc1ccccc12. The predicted octanol–water partition coefficient (Wildman–Crippen LogP) is 4.18. The Kier molecular flexibility index (Phi) is 4.76. The van der Waals surface area contributed by atoms with Gasteiger partial charge in [-0.2, -0.15) is 5.10 Å². The molecule has 1 N–H and O–H groups in total. The average molecular weight is 384 g/mol. The van der Waals surface area contributed by atoms with Gasteiger partial charge in [-0.3, -0.25) is 9.59 Å². The first-order valence-electron chi connectivity index (χ1n) is 9.68. The fourth-order valence-electron chi connectivity index (χ4n) is 4.09. The Labute approximate surface area is 162 Å². The number of hydrogen-bond donors (Lipinski definition) is 1. The number of amides is 1. The van der Waals surface area contributed by atoms with Crippen LogP contribution in [0.25, 0.3) is 20.2 Å². The molecule has 0 radical (unpaired) electrons. The number of carbonyl (C=O) groups excluding carboxylic acids is 1. The van der Waals surface area contributed by atoms with E-state index in [0.717, 1.165) is 39.7 Å². The van der Waals surface area contributed by atoms with E-state index in [1.807, 2.05) is 31.2 Å². The maximum Gasteiger partial charge on any atom is 0.276 e. The molecule has 0 bridgehead atoms. The first kappa shape index (κ1) is 18.2. The number of thiophene rings is 1. The van der Waals surface area contributed by atoms with Crippen LogP contribution in [0, 0.1) is 12.8 Å². The molecule has 1 fully saturated rings. The van der Waals surface area contributed by atoms with E-state index >= 15 is 0 Å². The Hall–Kier alpha value is -2.21. The molecule has 1 aromatic carbocycles. The molecule has 4 rings (SSSR count). The number of nitrogens with zero attached hydrogens (tertiary/aromatic N) is 2. The minimum Gasteiger partial charge on any atom is -0.351 e. The Bertz CT molecular complexity index is 1070. The van der Waals surface area contributed by atoms with Gasteiger partial charge in [0.1, 0.15) is 6.04 Å². The van der Waals surface area contributed by atoms with Gasteiger partial charge < -0.3 is 5.32 Å². The Balaban J connectivity index is 1.72. The molecule has 1 aliphatic carbocycles. The first-order valence-corrected chi connectivity index (χ1v) is 10.5. The number of rotatable bonds is 3. The molecule has 3 atom stereocenters. The van der Waals surface area contributed by atoms with Crippen molar-refractivity contribution in [1.82, 2.24) is 15.1 Å². The minimum absolute atomic E-state index is 0.123. The number of aromatic nitrogens is 2. The highest BCUT2D eigenvalue weighted by molar-refractivity contribution is 7.26. The average Bonchev–Trinajstić information content (AvgIpc) is 3.06. The van der Waals surface area contributed by atoms with Gasteiger partial charge in [0.25, 0.3) is 5.56 Å². The summed E-state index contributed by atoms with van der Waals surface area (Å²) in [7, 11) is 0. The lowest BCUT2D eigenvalue weighted by molar-refractivity contribution is -0.125. The zero-order chi connectivity index (χ0) is 19.1. The van der Waals surface area contributed by atoms with Crippen LogP contribution in [0.1, 0.15) is 51.3 Å². The van der Waals surface area contributed by atoms with Crippen molar-refractivity contribution in [3.05, 3.63) is 40.3 Å². The molecule has 2 aromatic heterocycles. The summed E-state index contributed by atoms with van der Waals surface area (Å²) in [4.78, 5) is 26.0. The number of fused-ring (bicyclic) bond motifs is 3. The van der Waals surface area contributed by atoms with Crippen molar-refractivity contribution in [1.29, 1.82) is 0 Å². The second-order valence-corrected chi connectivity index (χ2v) is 8.74. The van der Waals surface area contributed by atoms with Crippen LogP contribution in [-0.2, 0) is 4.79 Å². The summed E-state index contributed by atoms with van der Waals surface area (Å²) >= 11 is 1.58. The highest BCUT2D eigenvalue weighted by atomic mass is 32.1. The molecular formula is C21H25N3O2S. The van der Waals surface area contributed by atoms with E-state index in [4.69, 9.17) is 0 Å². The Morgan fingerprint density at radius 2 is 2.04 bits per heavy atom. The van der Waals surface area contributed by atoms with Crippen molar-refractivity contribution in [2.24, 2.45) is 5.92 Å². The van der Waals surface area contributed by atoms with Crippen molar-refractivity contribution in [2.45, 2.75) is 58.5 Å². The molecule has 1 aliphatic rings. The standard InChI is InChI=1S/C21H25N3O2S/c1-12-8-4-6-10-16(12)22-20(25)14(3)24-21(26)18-15-9-5-7-11-17(15)27-19(18)13(2)23-24/h5,7,9,11-12,14,16H,4,6,8,10H2,1-3H3,(H,22,25). The number of hydrogen-bond acceptors (Lipinski definition) is 4. The van der Waals surface area contributed by atoms with Gasteiger partial charge in [0.2, 0.25) is 5.91 Å². The molecule has 142 valence electrons. The van der Waals surface area contributed by atoms with Crippen LogP contribution in [0.15, 0.2) is 29.1 Å². The third-order valence-corrected chi connectivity index (χ3v) is 7.07. The van der Waals surface area contributed by atoms with Gasteiger partial charge in [-0.1, -0.05) is 38.0 Å². The molecule has 3 unspecified atom stereocenters. The lowest BCUT2D eigenvalue weighted by Gasteiger charge is -2.30. The quantitative estimate of drug-likeness (QED) is 0.738. The second kappa shape index (κ2) is 7.08. The Morgan fingerprint density at radius 3 is 2.81 bits per heavy atom. The maximum atomic E-state index is 13.2. The van der Waals surface area contributed by atoms with Crippen molar-refractivity contribution in [3.63, 3.8) is 0 Å². The lowest BCUT2D eigenvalue weighted by Crippen LogP contribution is -2.45. The third-order valence-electron chi connectivity index (χ3n) is 5.79. The largest absolute Gasteiger partial charge is 0.351 e. The molecule has 0 spiro atoms. The van der Waals surface area contributed by atoms with Gasteiger partial charge in [0.05, 0.1) is 15.8 Å². The number of carbonyl (C=O) groups is 1. The van der Waals surface area contributed by atoms with Crippen molar-refractivity contribution in [3.8, 4) is 0 Å². The van der Waals surface area contributed by atoms with Crippen molar-refractivity contribution in [2.75, 3.05) is 0 Å². The summed E-state index contributed by atoms with van der Waals surface area (Å²) in [5.41, 5.74) is 0.601. The van der Waals surface area contributed by atoms with E-state index in [0.29, 0.717) is 11.3 Å². The fraction of sp³-hybridized carbons (Fsp3) is 0.476. The molecule has 2 heterocycles. The zero-order valence-electron chi connectivity index (χ0n) is 16.0. The topological polar surface area (TPSA) is 64.0 Å². The number of aryl methyl sites for hydroxylation is 1. The monoisotopic (exact) mass is 383 g/mol. The third kappa shape index (κ3) is 3.16. The van der Waals surface area contributed by atoms with Gasteiger partial charge in [0.15, 0.2) is 0 Å². The molecular weight excluding hydrogens is 358 g/mol. The van der Waals surface area contributed by atoms with Crippen LogP contribution in [0.5, 0.6) is 0 Å². The summed E-state index contributed by atoms with van der Waals surface area (Å²) in [6, 6.07) is 7.46. The van der Waals surface area contributed by atoms with Crippen LogP contribution in [0.3, 0.4) is 0 Å². The van der Waals surface area contributed by atoms with E-state index in [1.54, 1.807) is 18.3 Å². The fourth-order valence-corrected chi connectivity index (χ4v) is 5.22. The molecule has 27 heavy (non-hydrogen) atoms. The van der Waals surface area contributed by atoms with Gasteiger partial charge >= 0.3 is 0 Å².